The predicted molar refractivity (Wildman–Crippen MR) is 173 cm³/mol. The highest BCUT2D eigenvalue weighted by molar-refractivity contribution is 6.36. The molecule has 0 saturated heterocycles. The quantitative estimate of drug-likeness (QED) is 0.221. The number of benzene rings is 6. The van der Waals surface area contributed by atoms with Crippen LogP contribution in [0.1, 0.15) is 0 Å². The summed E-state index contributed by atoms with van der Waals surface area (Å²) in [5.41, 5.74) is 10.8. The fourth-order valence-corrected chi connectivity index (χ4v) is 7.39. The molecule has 0 bridgehead atoms. The first kappa shape index (κ1) is 22.0. The number of aromatic nitrogens is 4. The van der Waals surface area contributed by atoms with E-state index in [-0.39, 0.29) is 0 Å². The van der Waals surface area contributed by atoms with E-state index in [0.29, 0.717) is 5.95 Å². The predicted octanol–water partition coefficient (Wildman–Crippen LogP) is 9.47. The summed E-state index contributed by atoms with van der Waals surface area (Å²) in [5.74, 6) is 0.677. The topological polar surface area (TPSA) is 35.6 Å². The van der Waals surface area contributed by atoms with E-state index in [9.17, 15) is 0 Å². The Morgan fingerprint density at radius 1 is 0.429 bits per heavy atom. The molecule has 194 valence electrons. The normalized spacial score (nSPS) is 12.3. The lowest BCUT2D eigenvalue weighted by Gasteiger charge is -2.15. The lowest BCUT2D eigenvalue weighted by atomic mass is 9.91. The molecule has 1 aliphatic carbocycles. The van der Waals surface area contributed by atoms with Crippen LogP contribution in [0.15, 0.2) is 134 Å². The van der Waals surface area contributed by atoms with Crippen molar-refractivity contribution < 1.29 is 0 Å². The third kappa shape index (κ3) is 2.66. The number of nitrogens with zero attached hydrogens (tertiary/aromatic N) is 4. The summed E-state index contributed by atoms with van der Waals surface area (Å²) in [6.45, 7) is 0. The molecular formula is C38H22N4. The molecule has 0 saturated carbocycles. The monoisotopic (exact) mass is 534 g/mol. The molecule has 1 aliphatic rings. The third-order valence-electron chi connectivity index (χ3n) is 8.95. The van der Waals surface area contributed by atoms with Gasteiger partial charge in [-0.1, -0.05) is 84.9 Å². The number of fused-ring (bicyclic) bond motifs is 7. The van der Waals surface area contributed by atoms with Crippen molar-refractivity contribution in [3.05, 3.63) is 134 Å². The second-order valence-electron chi connectivity index (χ2n) is 11.0. The van der Waals surface area contributed by atoms with Crippen molar-refractivity contribution in [2.75, 3.05) is 0 Å². The standard InChI is InChI=1S/C38H22N4/c1-2-11-24(12-3-1)41-29-17-7-6-15-28(29)34-31(41)22-32-37-35(34)27-14-5-4-13-25(27)26-16-8-10-23-18-19-30(36(37)33(23)26)42(32)38-39-20-9-21-40-38/h1-22H. The Hall–Kier alpha value is -5.74. The molecule has 0 unspecified atom stereocenters. The highest BCUT2D eigenvalue weighted by Crippen LogP contribution is 2.53. The van der Waals surface area contributed by atoms with Gasteiger partial charge in [-0.05, 0) is 63.9 Å². The average Bonchev–Trinajstić information content (AvgIpc) is 3.52. The minimum Gasteiger partial charge on any atom is -0.309 e. The first-order valence-electron chi connectivity index (χ1n) is 14.3. The fraction of sp³-hybridized carbons (Fsp3) is 0. The number of hydrogen-bond acceptors (Lipinski definition) is 2. The maximum absolute atomic E-state index is 4.76. The highest BCUT2D eigenvalue weighted by atomic mass is 15.1. The van der Waals surface area contributed by atoms with Gasteiger partial charge in [0.25, 0.3) is 0 Å². The number of rotatable bonds is 2. The van der Waals surface area contributed by atoms with Gasteiger partial charge in [0.2, 0.25) is 5.95 Å². The van der Waals surface area contributed by atoms with Crippen molar-refractivity contribution in [1.29, 1.82) is 0 Å². The Morgan fingerprint density at radius 3 is 2.05 bits per heavy atom. The minimum atomic E-state index is 0.677. The van der Waals surface area contributed by atoms with Gasteiger partial charge in [-0.3, -0.25) is 4.57 Å². The summed E-state index contributed by atoms with van der Waals surface area (Å²) in [4.78, 5) is 9.53. The van der Waals surface area contributed by atoms with E-state index >= 15 is 0 Å². The van der Waals surface area contributed by atoms with Gasteiger partial charge in [-0.15, -0.1) is 0 Å². The van der Waals surface area contributed by atoms with Crippen LogP contribution >= 0.6 is 0 Å². The molecule has 10 rings (SSSR count). The zero-order valence-corrected chi connectivity index (χ0v) is 22.5. The van der Waals surface area contributed by atoms with Crippen molar-refractivity contribution in [3.8, 4) is 33.9 Å². The first-order valence-corrected chi connectivity index (χ1v) is 14.3. The van der Waals surface area contributed by atoms with Gasteiger partial charge in [0, 0.05) is 45.2 Å². The van der Waals surface area contributed by atoms with Crippen LogP contribution in [-0.4, -0.2) is 19.1 Å². The molecule has 3 aromatic heterocycles. The summed E-state index contributed by atoms with van der Waals surface area (Å²) >= 11 is 0. The Labute approximate surface area is 240 Å². The van der Waals surface area contributed by atoms with Crippen LogP contribution in [0.5, 0.6) is 0 Å². The third-order valence-corrected chi connectivity index (χ3v) is 8.95. The van der Waals surface area contributed by atoms with Crippen molar-refractivity contribution in [2.24, 2.45) is 0 Å². The summed E-state index contributed by atoms with van der Waals surface area (Å²) in [6, 6.07) is 43.8. The maximum Gasteiger partial charge on any atom is 0.234 e. The largest absolute Gasteiger partial charge is 0.309 e. The molecule has 4 heteroatoms. The average molecular weight is 535 g/mol. The van der Waals surface area contributed by atoms with Crippen LogP contribution in [0, 0.1) is 0 Å². The van der Waals surface area contributed by atoms with E-state index in [1.54, 1.807) is 0 Å². The van der Waals surface area contributed by atoms with Gasteiger partial charge in [-0.25, -0.2) is 9.97 Å². The summed E-state index contributed by atoms with van der Waals surface area (Å²) < 4.78 is 4.66. The van der Waals surface area contributed by atoms with Crippen LogP contribution in [-0.2, 0) is 0 Å². The molecular weight excluding hydrogens is 512 g/mol. The Bertz CT molecular complexity index is 2560. The second-order valence-corrected chi connectivity index (χ2v) is 11.0. The molecule has 0 N–H and O–H groups in total. The molecule has 9 aromatic rings. The van der Waals surface area contributed by atoms with Crippen molar-refractivity contribution in [1.82, 2.24) is 19.1 Å². The lowest BCUT2D eigenvalue weighted by molar-refractivity contribution is 0.989. The van der Waals surface area contributed by atoms with Gasteiger partial charge in [-0.2, -0.15) is 0 Å². The molecule has 4 nitrogen and oxygen atoms in total. The van der Waals surface area contributed by atoms with Gasteiger partial charge in [0.15, 0.2) is 0 Å². The van der Waals surface area contributed by atoms with E-state index in [4.69, 9.17) is 9.97 Å². The molecule has 3 heterocycles. The molecule has 0 atom stereocenters. The molecule has 6 aromatic carbocycles. The van der Waals surface area contributed by atoms with Crippen LogP contribution < -0.4 is 0 Å². The first-order chi connectivity index (χ1) is 20.9. The highest BCUT2D eigenvalue weighted by Gasteiger charge is 2.29. The van der Waals surface area contributed by atoms with Crippen LogP contribution in [0.3, 0.4) is 0 Å². The Balaban J connectivity index is 1.57. The van der Waals surface area contributed by atoms with E-state index < -0.39 is 0 Å². The van der Waals surface area contributed by atoms with Gasteiger partial charge >= 0.3 is 0 Å². The maximum atomic E-state index is 4.76. The number of hydrogen-bond donors (Lipinski definition) is 0. The van der Waals surface area contributed by atoms with Crippen LogP contribution in [0.25, 0.3) is 88.3 Å². The van der Waals surface area contributed by atoms with E-state index in [2.05, 4.69) is 124 Å². The smallest absolute Gasteiger partial charge is 0.234 e. The van der Waals surface area contributed by atoms with E-state index in [1.807, 2.05) is 18.5 Å². The van der Waals surface area contributed by atoms with Crippen LogP contribution in [0.4, 0.5) is 0 Å². The van der Waals surface area contributed by atoms with E-state index in [1.165, 1.54) is 65.6 Å². The minimum absolute atomic E-state index is 0.677. The number of para-hydroxylation sites is 2. The molecule has 0 amide bonds. The van der Waals surface area contributed by atoms with Gasteiger partial charge < -0.3 is 4.57 Å². The van der Waals surface area contributed by atoms with Gasteiger partial charge in [0.1, 0.15) is 0 Å². The van der Waals surface area contributed by atoms with Crippen molar-refractivity contribution in [2.45, 2.75) is 0 Å². The molecule has 0 spiro atoms. The Kier molecular flexibility index (Phi) is 4.15. The van der Waals surface area contributed by atoms with E-state index in [0.717, 1.165) is 16.7 Å². The molecule has 0 fully saturated rings. The second kappa shape index (κ2) is 7.93. The molecule has 0 aliphatic heterocycles. The fourth-order valence-electron chi connectivity index (χ4n) is 7.39. The lowest BCUT2D eigenvalue weighted by Crippen LogP contribution is -2.01. The van der Waals surface area contributed by atoms with Crippen molar-refractivity contribution >= 4 is 54.4 Å². The zero-order valence-electron chi connectivity index (χ0n) is 22.5. The molecule has 0 radical (unpaired) electrons. The van der Waals surface area contributed by atoms with Crippen LogP contribution in [0.2, 0.25) is 0 Å². The summed E-state index contributed by atoms with van der Waals surface area (Å²) in [6.07, 6.45) is 3.65. The zero-order chi connectivity index (χ0) is 27.4. The van der Waals surface area contributed by atoms with Crippen molar-refractivity contribution in [3.63, 3.8) is 0 Å². The summed E-state index contributed by atoms with van der Waals surface area (Å²) in [7, 11) is 0. The molecule has 42 heavy (non-hydrogen) atoms. The SMILES string of the molecule is c1ccc(-n2c3ccccc3c3c4c5c6c7c(cccc7ccc6n(-c6ncccn6)c5cc32)-c2ccccc2-4)cc1. The Morgan fingerprint density at radius 2 is 1.17 bits per heavy atom. The summed E-state index contributed by atoms with van der Waals surface area (Å²) in [5, 5.41) is 7.55. The van der Waals surface area contributed by atoms with Gasteiger partial charge in [0.05, 0.1) is 22.1 Å².